The first-order valence-electron chi connectivity index (χ1n) is 13.1. The summed E-state index contributed by atoms with van der Waals surface area (Å²) in [6, 6.07) is 20.6. The number of benzene rings is 3. The van der Waals surface area contributed by atoms with Gasteiger partial charge in [0, 0.05) is 42.5 Å². The minimum absolute atomic E-state index is 0.0630. The van der Waals surface area contributed by atoms with Crippen molar-refractivity contribution in [3.8, 4) is 28.6 Å². The Morgan fingerprint density at radius 2 is 1.71 bits per heavy atom. The molecule has 1 fully saturated rings. The summed E-state index contributed by atoms with van der Waals surface area (Å²) in [4.78, 5) is 29.6. The van der Waals surface area contributed by atoms with Crippen LogP contribution in [-0.4, -0.2) is 82.0 Å². The Morgan fingerprint density at radius 1 is 0.951 bits per heavy atom. The highest BCUT2D eigenvalue weighted by molar-refractivity contribution is 7.99. The normalized spacial score (nSPS) is 15.1. The van der Waals surface area contributed by atoms with Crippen LogP contribution in [0.1, 0.15) is 17.3 Å². The third-order valence-corrected chi connectivity index (χ3v) is 7.84. The average molecular weight is 576 g/mol. The molecular weight excluding hydrogens is 545 g/mol. The molecule has 3 aromatic carbocycles. The minimum atomic E-state index is -0.452. The standard InChI is InChI=1S/C30H30FN5O4S/c1-20-18-34(14-15-35(20)29(38)22-7-4-8-23(31)16-22)27(37)19-41-30-33-32-28(21-6-5-9-26(17-21)40-3)36(30)24-10-12-25(39-2)13-11-24/h4-13,16-17,20H,14-15,18-19H2,1-3H3. The number of amides is 2. The van der Waals surface area contributed by atoms with Gasteiger partial charge in [-0.1, -0.05) is 30.0 Å². The zero-order valence-electron chi connectivity index (χ0n) is 23.0. The fourth-order valence-electron chi connectivity index (χ4n) is 4.77. The van der Waals surface area contributed by atoms with Crippen LogP contribution in [0.2, 0.25) is 0 Å². The lowest BCUT2D eigenvalue weighted by molar-refractivity contribution is -0.130. The van der Waals surface area contributed by atoms with E-state index in [1.807, 2.05) is 60.0 Å². The van der Waals surface area contributed by atoms with Crippen molar-refractivity contribution in [2.24, 2.45) is 0 Å². The molecule has 1 aliphatic rings. The molecule has 0 spiro atoms. The number of ether oxygens (including phenoxy) is 2. The number of piperazine rings is 1. The number of carbonyl (C=O) groups is 2. The molecule has 212 valence electrons. The molecule has 0 N–H and O–H groups in total. The predicted molar refractivity (Wildman–Crippen MR) is 154 cm³/mol. The number of thioether (sulfide) groups is 1. The van der Waals surface area contributed by atoms with Gasteiger partial charge in [0.25, 0.3) is 5.91 Å². The van der Waals surface area contributed by atoms with Gasteiger partial charge in [-0.15, -0.1) is 10.2 Å². The molecule has 1 unspecified atom stereocenters. The lowest BCUT2D eigenvalue weighted by Crippen LogP contribution is -2.55. The molecule has 0 saturated carbocycles. The lowest BCUT2D eigenvalue weighted by atomic mass is 10.1. The number of carbonyl (C=O) groups excluding carboxylic acids is 2. The fourth-order valence-corrected chi connectivity index (χ4v) is 5.62. The highest BCUT2D eigenvalue weighted by Gasteiger charge is 2.31. The molecule has 4 aromatic rings. The summed E-state index contributed by atoms with van der Waals surface area (Å²) < 4.78 is 26.3. The molecule has 2 heterocycles. The summed E-state index contributed by atoms with van der Waals surface area (Å²) in [6.45, 7) is 3.05. The van der Waals surface area contributed by atoms with E-state index in [1.165, 1.54) is 30.0 Å². The van der Waals surface area contributed by atoms with Crippen LogP contribution >= 0.6 is 11.8 Å². The topological polar surface area (TPSA) is 89.8 Å². The van der Waals surface area contributed by atoms with E-state index >= 15 is 0 Å². The van der Waals surface area contributed by atoms with Gasteiger partial charge in [-0.2, -0.15) is 0 Å². The third-order valence-electron chi connectivity index (χ3n) is 6.93. The lowest BCUT2D eigenvalue weighted by Gasteiger charge is -2.40. The number of hydrogen-bond acceptors (Lipinski definition) is 7. The molecule has 0 aliphatic carbocycles. The van der Waals surface area contributed by atoms with E-state index in [4.69, 9.17) is 9.47 Å². The van der Waals surface area contributed by atoms with E-state index in [0.29, 0.717) is 41.9 Å². The number of halogens is 1. The first kappa shape index (κ1) is 28.2. The first-order chi connectivity index (χ1) is 19.9. The van der Waals surface area contributed by atoms with Crippen LogP contribution in [-0.2, 0) is 4.79 Å². The van der Waals surface area contributed by atoms with Gasteiger partial charge in [0.2, 0.25) is 5.91 Å². The maximum Gasteiger partial charge on any atom is 0.254 e. The van der Waals surface area contributed by atoms with Gasteiger partial charge in [-0.3, -0.25) is 14.2 Å². The average Bonchev–Trinajstić information content (AvgIpc) is 3.43. The fraction of sp³-hybridized carbons (Fsp3) is 0.267. The maximum atomic E-state index is 13.6. The second kappa shape index (κ2) is 12.4. The number of rotatable bonds is 8. The van der Waals surface area contributed by atoms with Crippen LogP contribution in [0.15, 0.2) is 78.0 Å². The van der Waals surface area contributed by atoms with Crippen molar-refractivity contribution in [1.29, 1.82) is 0 Å². The molecular formula is C30H30FN5O4S. The Balaban J connectivity index is 1.31. The summed E-state index contributed by atoms with van der Waals surface area (Å²) in [7, 11) is 3.22. The number of hydrogen-bond donors (Lipinski definition) is 0. The molecule has 1 aliphatic heterocycles. The van der Waals surface area contributed by atoms with Crippen LogP contribution in [0.25, 0.3) is 17.1 Å². The van der Waals surface area contributed by atoms with Gasteiger partial charge < -0.3 is 19.3 Å². The number of aromatic nitrogens is 3. The van der Waals surface area contributed by atoms with Crippen molar-refractivity contribution in [2.75, 3.05) is 39.6 Å². The van der Waals surface area contributed by atoms with E-state index in [1.54, 1.807) is 30.1 Å². The third kappa shape index (κ3) is 6.19. The van der Waals surface area contributed by atoms with Gasteiger partial charge in [-0.05, 0) is 61.5 Å². The Bertz CT molecular complexity index is 1540. The van der Waals surface area contributed by atoms with Crippen molar-refractivity contribution < 1.29 is 23.5 Å². The van der Waals surface area contributed by atoms with E-state index in [0.717, 1.165) is 17.0 Å². The van der Waals surface area contributed by atoms with Gasteiger partial charge in [0.1, 0.15) is 17.3 Å². The van der Waals surface area contributed by atoms with Gasteiger partial charge >= 0.3 is 0 Å². The molecule has 0 bridgehead atoms. The SMILES string of the molecule is COc1ccc(-n2c(SCC(=O)N3CCN(C(=O)c4cccc(F)c4)C(C)C3)nnc2-c2cccc(OC)c2)cc1. The van der Waals surface area contributed by atoms with Crippen LogP contribution in [0.3, 0.4) is 0 Å². The van der Waals surface area contributed by atoms with Crippen molar-refractivity contribution in [2.45, 2.75) is 18.1 Å². The summed E-state index contributed by atoms with van der Waals surface area (Å²) >= 11 is 1.30. The highest BCUT2D eigenvalue weighted by Crippen LogP contribution is 2.31. The molecule has 11 heteroatoms. The number of nitrogens with zero attached hydrogens (tertiary/aromatic N) is 5. The van der Waals surface area contributed by atoms with Gasteiger partial charge in [0.05, 0.1) is 20.0 Å². The van der Waals surface area contributed by atoms with E-state index in [9.17, 15) is 14.0 Å². The second-order valence-electron chi connectivity index (χ2n) is 9.56. The van der Waals surface area contributed by atoms with E-state index in [2.05, 4.69) is 10.2 Å². The molecule has 2 amide bonds. The van der Waals surface area contributed by atoms with Crippen molar-refractivity contribution in [1.82, 2.24) is 24.6 Å². The maximum absolute atomic E-state index is 13.6. The van der Waals surface area contributed by atoms with E-state index in [-0.39, 0.29) is 23.6 Å². The number of methoxy groups -OCH3 is 2. The van der Waals surface area contributed by atoms with Crippen LogP contribution in [0.4, 0.5) is 4.39 Å². The summed E-state index contributed by atoms with van der Waals surface area (Å²) in [5.41, 5.74) is 1.94. The largest absolute Gasteiger partial charge is 0.497 e. The Labute approximate surface area is 241 Å². The monoisotopic (exact) mass is 575 g/mol. The molecule has 1 aromatic heterocycles. The van der Waals surface area contributed by atoms with Crippen LogP contribution in [0, 0.1) is 5.82 Å². The zero-order valence-corrected chi connectivity index (χ0v) is 23.8. The molecule has 0 radical (unpaired) electrons. The summed E-state index contributed by atoms with van der Waals surface area (Å²) in [6.07, 6.45) is 0. The zero-order chi connectivity index (χ0) is 28.9. The van der Waals surface area contributed by atoms with Crippen LogP contribution < -0.4 is 9.47 Å². The smallest absolute Gasteiger partial charge is 0.254 e. The minimum Gasteiger partial charge on any atom is -0.497 e. The van der Waals surface area contributed by atoms with Crippen molar-refractivity contribution in [3.05, 3.63) is 84.2 Å². The van der Waals surface area contributed by atoms with Gasteiger partial charge in [0.15, 0.2) is 11.0 Å². The molecule has 41 heavy (non-hydrogen) atoms. The summed E-state index contributed by atoms with van der Waals surface area (Å²) in [5, 5.41) is 9.45. The van der Waals surface area contributed by atoms with Crippen molar-refractivity contribution >= 4 is 23.6 Å². The van der Waals surface area contributed by atoms with E-state index < -0.39 is 5.82 Å². The predicted octanol–water partition coefficient (Wildman–Crippen LogP) is 4.56. The second-order valence-corrected chi connectivity index (χ2v) is 10.5. The molecule has 5 rings (SSSR count). The quantitative estimate of drug-likeness (QED) is 0.285. The first-order valence-corrected chi connectivity index (χ1v) is 14.1. The van der Waals surface area contributed by atoms with Crippen LogP contribution in [0.5, 0.6) is 11.5 Å². The highest BCUT2D eigenvalue weighted by atomic mass is 32.2. The molecule has 1 atom stereocenters. The Morgan fingerprint density at radius 3 is 2.41 bits per heavy atom. The summed E-state index contributed by atoms with van der Waals surface area (Å²) in [5.74, 6) is 1.42. The molecule has 9 nitrogen and oxygen atoms in total. The molecule has 1 saturated heterocycles. The van der Waals surface area contributed by atoms with Gasteiger partial charge in [-0.25, -0.2) is 4.39 Å². The Kier molecular flexibility index (Phi) is 8.53. The Hall–Kier alpha value is -4.38. The van der Waals surface area contributed by atoms with Crippen molar-refractivity contribution in [3.63, 3.8) is 0 Å².